The zero-order chi connectivity index (χ0) is 36.4. The van der Waals surface area contributed by atoms with Crippen LogP contribution in [0.15, 0.2) is 187 Å². The summed E-state index contributed by atoms with van der Waals surface area (Å²) < 4.78 is 0. The number of hydrogen-bond donors (Lipinski definition) is 1. The number of aliphatic imine (C=N–C) groups is 1. The quantitative estimate of drug-likeness (QED) is 0.0864. The van der Waals surface area contributed by atoms with Crippen LogP contribution in [0, 0.1) is 12.8 Å². The van der Waals surface area contributed by atoms with Crippen molar-refractivity contribution in [2.45, 2.75) is 27.2 Å². The summed E-state index contributed by atoms with van der Waals surface area (Å²) in [6.45, 7) is 20.6. The van der Waals surface area contributed by atoms with E-state index < -0.39 is 0 Å². The van der Waals surface area contributed by atoms with E-state index >= 15 is 0 Å². The summed E-state index contributed by atoms with van der Waals surface area (Å²) in [5, 5.41) is 1.71. The summed E-state index contributed by atoms with van der Waals surface area (Å²) in [6.07, 6.45) is 28.2. The van der Waals surface area contributed by atoms with E-state index in [0.29, 0.717) is 12.5 Å². The van der Waals surface area contributed by atoms with Gasteiger partial charge in [-0.25, -0.2) is 0 Å². The van der Waals surface area contributed by atoms with Crippen LogP contribution in [0.5, 0.6) is 0 Å². The van der Waals surface area contributed by atoms with Crippen molar-refractivity contribution in [1.82, 2.24) is 4.90 Å². The van der Waals surface area contributed by atoms with Gasteiger partial charge in [-0.3, -0.25) is 4.99 Å². The van der Waals surface area contributed by atoms with Gasteiger partial charge in [0.25, 0.3) is 0 Å². The van der Waals surface area contributed by atoms with E-state index in [1.54, 1.807) is 11.5 Å². The van der Waals surface area contributed by atoms with Gasteiger partial charge in [-0.15, -0.1) is 0 Å². The smallest absolute Gasteiger partial charge is 0.0859 e. The van der Waals surface area contributed by atoms with Gasteiger partial charge in [-0.2, -0.15) is 12.6 Å². The number of allylic oxidation sites excluding steroid dienone is 13. The second kappa shape index (κ2) is 20.4. The fourth-order valence-electron chi connectivity index (χ4n) is 6.07. The van der Waals surface area contributed by atoms with Crippen molar-refractivity contribution in [3.8, 4) is 0 Å². The summed E-state index contributed by atoms with van der Waals surface area (Å²) in [5.74, 6) is 0.348. The maximum atomic E-state index is 4.36. The van der Waals surface area contributed by atoms with E-state index in [1.165, 1.54) is 28.0 Å². The van der Waals surface area contributed by atoms with Crippen LogP contribution < -0.4 is 4.90 Å². The number of nitrogens with zero attached hydrogens (tertiary/aromatic N) is 3. The van der Waals surface area contributed by atoms with Crippen LogP contribution in [0.1, 0.15) is 37.0 Å². The van der Waals surface area contributed by atoms with Crippen LogP contribution in [-0.2, 0) is 0 Å². The first-order valence-electron chi connectivity index (χ1n) is 17.5. The Morgan fingerprint density at radius 1 is 0.902 bits per heavy atom. The average Bonchev–Trinajstić information content (AvgIpc) is 3.15. The third kappa shape index (κ3) is 11.4. The maximum Gasteiger partial charge on any atom is 0.0859 e. The summed E-state index contributed by atoms with van der Waals surface area (Å²) in [5.41, 5.74) is 11.5. The normalized spacial score (nSPS) is 15.2. The van der Waals surface area contributed by atoms with E-state index in [1.807, 2.05) is 42.5 Å². The second-order valence-corrected chi connectivity index (χ2v) is 12.8. The van der Waals surface area contributed by atoms with Crippen LogP contribution in [0.25, 0.3) is 11.1 Å². The van der Waals surface area contributed by atoms with Gasteiger partial charge in [0, 0.05) is 36.9 Å². The Hall–Kier alpha value is -5.32. The Balaban J connectivity index is 1.64. The molecule has 0 saturated carbocycles. The maximum absolute atomic E-state index is 4.36. The molecule has 0 heterocycles. The monoisotopic (exact) mass is 689 g/mol. The van der Waals surface area contributed by atoms with Crippen LogP contribution in [0.3, 0.4) is 0 Å². The first-order chi connectivity index (χ1) is 24.9. The minimum atomic E-state index is 0.348. The van der Waals surface area contributed by atoms with Crippen molar-refractivity contribution >= 4 is 47.6 Å². The van der Waals surface area contributed by atoms with Crippen molar-refractivity contribution in [3.05, 3.63) is 198 Å². The van der Waals surface area contributed by atoms with Crippen molar-refractivity contribution in [2.24, 2.45) is 10.9 Å². The van der Waals surface area contributed by atoms with E-state index in [9.17, 15) is 0 Å². The Labute approximate surface area is 312 Å². The molecule has 3 aromatic rings. The molecule has 1 aliphatic carbocycles. The minimum absolute atomic E-state index is 0.348. The Morgan fingerprint density at radius 2 is 1.67 bits per heavy atom. The van der Waals surface area contributed by atoms with E-state index in [0.717, 1.165) is 47.7 Å². The topological polar surface area (TPSA) is 18.8 Å². The highest BCUT2D eigenvalue weighted by Crippen LogP contribution is 2.36. The molecule has 1 aliphatic rings. The predicted molar refractivity (Wildman–Crippen MR) is 229 cm³/mol. The highest BCUT2D eigenvalue weighted by atomic mass is 32.1. The standard InChI is InChI=1S/C47H51N3S/c1-7-9-10-11-15-32-49(46-30-27-43(35-39(46)5)42-25-23-41(24-26-42)38(4)18-14-16-34-51)33-31-40(17-8-2)36-50(44-28-21-37(3)22-29-44)47-20-13-12-19-45(47)48-6/h7-31,34,39,51H,1,4,6,32-33,35-36H2,2-3,5H3/b10-9-,15-11-,17-8-,18-14-,34-16-,40-31+. The SMILES string of the molecule is C=C/C=C\C=C/CN(C/C=C(\C=C/C)CN(c1ccc(C)cc1)c1ccccc1N=C)C1=CC=C(c2ccc(C(=C)/C=C\C=C/S)cc2)CC1C. The van der Waals surface area contributed by atoms with Gasteiger partial charge in [0.05, 0.1) is 11.4 Å². The first kappa shape index (κ1) is 38.5. The van der Waals surface area contributed by atoms with Crippen LogP contribution in [0.4, 0.5) is 17.1 Å². The van der Waals surface area contributed by atoms with E-state index in [2.05, 4.69) is 171 Å². The van der Waals surface area contributed by atoms with Crippen LogP contribution in [-0.4, -0.2) is 31.3 Å². The van der Waals surface area contributed by atoms with Crippen molar-refractivity contribution in [1.29, 1.82) is 0 Å². The lowest BCUT2D eigenvalue weighted by atomic mass is 9.87. The summed E-state index contributed by atoms with van der Waals surface area (Å²) >= 11 is 4.12. The molecule has 3 nitrogen and oxygen atoms in total. The lowest BCUT2D eigenvalue weighted by molar-refractivity contribution is 0.366. The Bertz CT molecular complexity index is 1880. The molecule has 0 amide bonds. The largest absolute Gasteiger partial charge is 0.367 e. The third-order valence-corrected chi connectivity index (χ3v) is 8.95. The van der Waals surface area contributed by atoms with Gasteiger partial charge in [-0.1, -0.05) is 147 Å². The molecule has 260 valence electrons. The lowest BCUT2D eigenvalue weighted by Crippen LogP contribution is -2.29. The molecule has 0 N–H and O–H groups in total. The molecule has 1 atom stereocenters. The fourth-order valence-corrected chi connectivity index (χ4v) is 6.17. The number of rotatable bonds is 17. The molecule has 0 fully saturated rings. The molecular weight excluding hydrogens is 639 g/mol. The molecule has 0 aliphatic heterocycles. The molecule has 4 heteroatoms. The Morgan fingerprint density at radius 3 is 2.35 bits per heavy atom. The fraction of sp³-hybridized carbons (Fsp3) is 0.170. The number of para-hydroxylation sites is 2. The number of hydrogen-bond acceptors (Lipinski definition) is 4. The minimum Gasteiger partial charge on any atom is -0.367 e. The Kier molecular flexibility index (Phi) is 15.4. The highest BCUT2D eigenvalue weighted by Gasteiger charge is 2.21. The van der Waals surface area contributed by atoms with Gasteiger partial charge in [0.1, 0.15) is 0 Å². The van der Waals surface area contributed by atoms with Crippen molar-refractivity contribution in [3.63, 3.8) is 0 Å². The predicted octanol–water partition coefficient (Wildman–Crippen LogP) is 12.6. The van der Waals surface area contributed by atoms with Gasteiger partial charge in [-0.05, 0) is 90.6 Å². The average molecular weight is 690 g/mol. The molecule has 0 aromatic heterocycles. The van der Waals surface area contributed by atoms with Crippen molar-refractivity contribution < 1.29 is 0 Å². The van der Waals surface area contributed by atoms with Gasteiger partial charge in [0.2, 0.25) is 0 Å². The highest BCUT2D eigenvalue weighted by molar-refractivity contribution is 7.83. The molecular formula is C47H51N3S. The van der Waals surface area contributed by atoms with Gasteiger partial charge in [0.15, 0.2) is 0 Å². The molecule has 3 aromatic carbocycles. The summed E-state index contributed by atoms with van der Waals surface area (Å²) in [7, 11) is 0. The number of anilines is 2. The molecule has 0 radical (unpaired) electrons. The number of benzene rings is 3. The first-order valence-corrected chi connectivity index (χ1v) is 18.0. The number of aryl methyl sites for hydroxylation is 1. The van der Waals surface area contributed by atoms with E-state index in [4.69, 9.17) is 0 Å². The summed E-state index contributed by atoms with van der Waals surface area (Å²) in [4.78, 5) is 9.17. The summed E-state index contributed by atoms with van der Waals surface area (Å²) in [6, 6.07) is 25.6. The molecule has 0 bridgehead atoms. The third-order valence-electron chi connectivity index (χ3n) is 8.78. The van der Waals surface area contributed by atoms with E-state index in [-0.39, 0.29) is 0 Å². The zero-order valence-corrected chi connectivity index (χ0v) is 31.2. The molecule has 51 heavy (non-hydrogen) atoms. The van der Waals surface area contributed by atoms with Gasteiger partial charge >= 0.3 is 0 Å². The molecule has 0 saturated heterocycles. The second-order valence-electron chi connectivity index (χ2n) is 12.5. The zero-order valence-electron chi connectivity index (χ0n) is 30.3. The van der Waals surface area contributed by atoms with Crippen molar-refractivity contribution in [2.75, 3.05) is 24.5 Å². The lowest BCUT2D eigenvalue weighted by Gasteiger charge is -2.33. The number of thiol groups is 1. The molecule has 4 rings (SSSR count). The molecule has 1 unspecified atom stereocenters. The van der Waals surface area contributed by atoms with Crippen LogP contribution >= 0.6 is 12.6 Å². The molecule has 0 spiro atoms. The van der Waals surface area contributed by atoms with Gasteiger partial charge < -0.3 is 9.80 Å². The van der Waals surface area contributed by atoms with Crippen LogP contribution in [0.2, 0.25) is 0 Å².